The molecule has 1 aliphatic heterocycles. The minimum absolute atomic E-state index is 0.0118. The molecule has 1 N–H and O–H groups in total. The number of aromatic carboxylic acids is 1. The first-order chi connectivity index (χ1) is 9.15. The molecule has 0 aliphatic carbocycles. The van der Waals surface area contributed by atoms with Crippen LogP contribution in [0.4, 0.5) is 4.39 Å². The fraction of sp³-hybridized carbons (Fsp3) is 0.231. The summed E-state index contributed by atoms with van der Waals surface area (Å²) in [6.45, 7) is 0.585. The van der Waals surface area contributed by atoms with Crippen LogP contribution in [0.1, 0.15) is 27.8 Å². The number of halogens is 1. The standard InChI is InChI=1S/C13H11FN2O3/c14-9-3-1-2-8(4-9)11-5-16-7-15-12(13(17)18)10(16)6-19-11/h1-4,7,11H,5-6H2,(H,17,18). The predicted molar refractivity (Wildman–Crippen MR) is 63.1 cm³/mol. The molecule has 1 aromatic carbocycles. The highest BCUT2D eigenvalue weighted by Crippen LogP contribution is 2.27. The zero-order valence-electron chi connectivity index (χ0n) is 9.91. The summed E-state index contributed by atoms with van der Waals surface area (Å²) in [6, 6.07) is 6.20. The van der Waals surface area contributed by atoms with E-state index in [0.717, 1.165) is 5.56 Å². The van der Waals surface area contributed by atoms with Crippen LogP contribution >= 0.6 is 0 Å². The molecule has 5 nitrogen and oxygen atoms in total. The fourth-order valence-corrected chi connectivity index (χ4v) is 2.21. The molecule has 1 atom stereocenters. The Balaban J connectivity index is 1.89. The van der Waals surface area contributed by atoms with Crippen molar-refractivity contribution in [3.8, 4) is 0 Å². The molecule has 2 aromatic rings. The van der Waals surface area contributed by atoms with Crippen molar-refractivity contribution in [2.45, 2.75) is 19.3 Å². The third-order valence-corrected chi connectivity index (χ3v) is 3.15. The third kappa shape index (κ3) is 2.10. The zero-order chi connectivity index (χ0) is 13.4. The fourth-order valence-electron chi connectivity index (χ4n) is 2.21. The van der Waals surface area contributed by atoms with Crippen molar-refractivity contribution >= 4 is 5.97 Å². The number of carboxylic acid groups (broad SMARTS) is 1. The summed E-state index contributed by atoms with van der Waals surface area (Å²) in [6.07, 6.45) is 1.19. The molecule has 0 saturated carbocycles. The van der Waals surface area contributed by atoms with Crippen molar-refractivity contribution in [2.75, 3.05) is 0 Å². The second-order valence-electron chi connectivity index (χ2n) is 4.35. The lowest BCUT2D eigenvalue weighted by molar-refractivity contribution is 0.00204. The number of hydrogen-bond acceptors (Lipinski definition) is 3. The van der Waals surface area contributed by atoms with Gasteiger partial charge in [-0.05, 0) is 17.7 Å². The predicted octanol–water partition coefficient (Wildman–Crippen LogP) is 1.99. The number of rotatable bonds is 2. The van der Waals surface area contributed by atoms with Crippen LogP contribution in [0.3, 0.4) is 0 Å². The molecule has 0 fully saturated rings. The van der Waals surface area contributed by atoms with E-state index in [2.05, 4.69) is 4.98 Å². The summed E-state index contributed by atoms with van der Waals surface area (Å²) >= 11 is 0. The van der Waals surface area contributed by atoms with Gasteiger partial charge in [-0.2, -0.15) is 0 Å². The minimum atomic E-state index is -1.07. The normalized spacial score (nSPS) is 18.1. The average Bonchev–Trinajstić information content (AvgIpc) is 2.81. The van der Waals surface area contributed by atoms with Crippen LogP contribution in [-0.2, 0) is 17.9 Å². The molecular weight excluding hydrogens is 251 g/mol. The lowest BCUT2D eigenvalue weighted by Crippen LogP contribution is -2.21. The van der Waals surface area contributed by atoms with E-state index in [1.165, 1.54) is 18.5 Å². The number of nitrogens with zero attached hydrogens (tertiary/aromatic N) is 2. The molecule has 1 aromatic heterocycles. The highest BCUT2D eigenvalue weighted by atomic mass is 19.1. The van der Waals surface area contributed by atoms with Crippen LogP contribution in [0.5, 0.6) is 0 Å². The third-order valence-electron chi connectivity index (χ3n) is 3.15. The van der Waals surface area contributed by atoms with Crippen molar-refractivity contribution in [2.24, 2.45) is 0 Å². The smallest absolute Gasteiger partial charge is 0.356 e. The average molecular weight is 262 g/mol. The Morgan fingerprint density at radius 2 is 2.37 bits per heavy atom. The van der Waals surface area contributed by atoms with Gasteiger partial charge in [0.05, 0.1) is 25.2 Å². The second kappa shape index (κ2) is 4.47. The summed E-state index contributed by atoms with van der Waals surface area (Å²) in [5, 5.41) is 8.97. The topological polar surface area (TPSA) is 64.3 Å². The molecule has 2 heterocycles. The Bertz CT molecular complexity index is 639. The number of ether oxygens (including phenoxy) is 1. The lowest BCUT2D eigenvalue weighted by atomic mass is 10.1. The number of imidazole rings is 1. The van der Waals surface area contributed by atoms with Crippen LogP contribution in [0.25, 0.3) is 0 Å². The summed E-state index contributed by atoms with van der Waals surface area (Å²) < 4.78 is 20.5. The first-order valence-electron chi connectivity index (χ1n) is 5.79. The van der Waals surface area contributed by atoms with Crippen molar-refractivity contribution in [1.82, 2.24) is 9.55 Å². The summed E-state index contributed by atoms with van der Waals surface area (Å²) in [4.78, 5) is 14.8. The number of aromatic nitrogens is 2. The van der Waals surface area contributed by atoms with Crippen LogP contribution < -0.4 is 0 Å². The van der Waals surface area contributed by atoms with E-state index in [0.29, 0.717) is 12.2 Å². The summed E-state index contributed by atoms with van der Waals surface area (Å²) in [7, 11) is 0. The zero-order valence-corrected chi connectivity index (χ0v) is 9.91. The van der Waals surface area contributed by atoms with Crippen LogP contribution in [0.2, 0.25) is 0 Å². The number of carbonyl (C=O) groups is 1. The SMILES string of the molecule is O=C(O)c1ncn2c1COC(c1cccc(F)c1)C2. The molecule has 98 valence electrons. The maximum atomic E-state index is 13.2. The van der Waals surface area contributed by atoms with E-state index >= 15 is 0 Å². The molecule has 0 radical (unpaired) electrons. The van der Waals surface area contributed by atoms with Gasteiger partial charge in [0.2, 0.25) is 0 Å². The Labute approximate surface area is 108 Å². The van der Waals surface area contributed by atoms with E-state index in [4.69, 9.17) is 9.84 Å². The molecule has 0 spiro atoms. The summed E-state index contributed by atoms with van der Waals surface area (Å²) in [5.41, 5.74) is 1.29. The Kier molecular flexibility index (Phi) is 2.79. The van der Waals surface area contributed by atoms with E-state index in [-0.39, 0.29) is 24.2 Å². The molecular formula is C13H11FN2O3. The van der Waals surface area contributed by atoms with Gasteiger partial charge < -0.3 is 14.4 Å². The van der Waals surface area contributed by atoms with Gasteiger partial charge in [-0.25, -0.2) is 14.2 Å². The van der Waals surface area contributed by atoms with Crippen LogP contribution in [0.15, 0.2) is 30.6 Å². The van der Waals surface area contributed by atoms with Crippen molar-refractivity contribution < 1.29 is 19.0 Å². The van der Waals surface area contributed by atoms with Crippen molar-refractivity contribution in [3.63, 3.8) is 0 Å². The van der Waals surface area contributed by atoms with Gasteiger partial charge >= 0.3 is 5.97 Å². The molecule has 0 amide bonds. The monoisotopic (exact) mass is 262 g/mol. The first-order valence-corrected chi connectivity index (χ1v) is 5.79. The van der Waals surface area contributed by atoms with Gasteiger partial charge in [-0.1, -0.05) is 12.1 Å². The van der Waals surface area contributed by atoms with E-state index < -0.39 is 5.97 Å². The largest absolute Gasteiger partial charge is 0.476 e. The molecule has 1 aliphatic rings. The number of benzene rings is 1. The summed E-state index contributed by atoms with van der Waals surface area (Å²) in [5.74, 6) is -1.38. The van der Waals surface area contributed by atoms with E-state index in [9.17, 15) is 9.18 Å². The molecule has 0 saturated heterocycles. The Morgan fingerprint density at radius 1 is 1.53 bits per heavy atom. The van der Waals surface area contributed by atoms with Crippen molar-refractivity contribution in [1.29, 1.82) is 0 Å². The van der Waals surface area contributed by atoms with E-state index in [1.807, 2.05) is 0 Å². The Morgan fingerprint density at radius 3 is 3.11 bits per heavy atom. The minimum Gasteiger partial charge on any atom is -0.476 e. The maximum absolute atomic E-state index is 13.2. The molecule has 0 bridgehead atoms. The van der Waals surface area contributed by atoms with Crippen LogP contribution in [-0.4, -0.2) is 20.6 Å². The molecule has 1 unspecified atom stereocenters. The number of carboxylic acids is 1. The lowest BCUT2D eigenvalue weighted by Gasteiger charge is -2.25. The molecule has 19 heavy (non-hydrogen) atoms. The number of fused-ring (bicyclic) bond motifs is 1. The van der Waals surface area contributed by atoms with Gasteiger partial charge in [0.25, 0.3) is 0 Å². The van der Waals surface area contributed by atoms with Crippen LogP contribution in [0, 0.1) is 5.82 Å². The molecule has 6 heteroatoms. The maximum Gasteiger partial charge on any atom is 0.356 e. The van der Waals surface area contributed by atoms with E-state index in [1.54, 1.807) is 16.7 Å². The van der Waals surface area contributed by atoms with Gasteiger partial charge in [0.15, 0.2) is 5.69 Å². The molecule has 3 rings (SSSR count). The highest BCUT2D eigenvalue weighted by Gasteiger charge is 2.26. The highest BCUT2D eigenvalue weighted by molar-refractivity contribution is 5.86. The van der Waals surface area contributed by atoms with Gasteiger partial charge in [-0.15, -0.1) is 0 Å². The first kappa shape index (κ1) is 11.9. The van der Waals surface area contributed by atoms with Gasteiger partial charge in [0, 0.05) is 0 Å². The number of hydrogen-bond donors (Lipinski definition) is 1. The van der Waals surface area contributed by atoms with Crippen molar-refractivity contribution in [3.05, 3.63) is 53.4 Å². The van der Waals surface area contributed by atoms with Gasteiger partial charge in [0.1, 0.15) is 11.9 Å². The Hall–Kier alpha value is -2.21. The second-order valence-corrected chi connectivity index (χ2v) is 4.35. The quantitative estimate of drug-likeness (QED) is 0.899. The van der Waals surface area contributed by atoms with Gasteiger partial charge in [-0.3, -0.25) is 0 Å².